The Labute approximate surface area is 146 Å². The molecule has 2 aromatic heterocycles. The van der Waals surface area contributed by atoms with Crippen molar-refractivity contribution in [3.05, 3.63) is 66.1 Å². The highest BCUT2D eigenvalue weighted by Gasteiger charge is 2.22. The van der Waals surface area contributed by atoms with E-state index >= 15 is 0 Å². The quantitative estimate of drug-likeness (QED) is 0.682. The van der Waals surface area contributed by atoms with Crippen LogP contribution in [0.5, 0.6) is 0 Å². The maximum atomic E-state index is 5.83. The zero-order valence-corrected chi connectivity index (χ0v) is 14.0. The SMILES string of the molecule is c1ccc(Cc2noc(CN3CCO[C@H](Cn4cccn4)C3)n2)cc1. The van der Waals surface area contributed by atoms with Gasteiger partial charge >= 0.3 is 0 Å². The summed E-state index contributed by atoms with van der Waals surface area (Å²) < 4.78 is 13.2. The van der Waals surface area contributed by atoms with Crippen LogP contribution in [0.2, 0.25) is 0 Å². The van der Waals surface area contributed by atoms with Gasteiger partial charge in [0.05, 0.1) is 25.8 Å². The Morgan fingerprint density at radius 1 is 1.16 bits per heavy atom. The molecule has 4 rings (SSSR count). The Hall–Kier alpha value is -2.51. The predicted octanol–water partition coefficient (Wildman–Crippen LogP) is 1.76. The van der Waals surface area contributed by atoms with E-state index in [1.54, 1.807) is 6.20 Å². The summed E-state index contributed by atoms with van der Waals surface area (Å²) in [5.41, 5.74) is 1.18. The minimum atomic E-state index is 0.125. The van der Waals surface area contributed by atoms with Gasteiger partial charge in [0.25, 0.3) is 0 Å². The molecule has 0 N–H and O–H groups in total. The summed E-state index contributed by atoms with van der Waals surface area (Å²) in [5.74, 6) is 1.38. The number of hydrogen-bond acceptors (Lipinski definition) is 6. The van der Waals surface area contributed by atoms with E-state index in [2.05, 4.69) is 32.3 Å². The molecular weight excluding hydrogens is 318 g/mol. The second kappa shape index (κ2) is 7.58. The highest BCUT2D eigenvalue weighted by molar-refractivity contribution is 5.18. The van der Waals surface area contributed by atoms with Gasteiger partial charge in [0, 0.05) is 31.9 Å². The molecule has 0 amide bonds. The number of rotatable bonds is 6. The van der Waals surface area contributed by atoms with Crippen molar-refractivity contribution in [2.24, 2.45) is 0 Å². The smallest absolute Gasteiger partial charge is 0.240 e. The second-order valence-electron chi connectivity index (χ2n) is 6.22. The fraction of sp³-hybridized carbons (Fsp3) is 0.389. The molecule has 0 radical (unpaired) electrons. The molecule has 0 aliphatic carbocycles. The normalized spacial score (nSPS) is 18.5. The molecule has 0 bridgehead atoms. The van der Waals surface area contributed by atoms with Crippen molar-refractivity contribution < 1.29 is 9.26 Å². The number of morpholine rings is 1. The number of ether oxygens (including phenoxy) is 1. The van der Waals surface area contributed by atoms with Crippen LogP contribution in [0.15, 0.2) is 53.3 Å². The molecule has 7 heteroatoms. The minimum Gasteiger partial charge on any atom is -0.374 e. The molecule has 1 atom stereocenters. The number of benzene rings is 1. The molecule has 25 heavy (non-hydrogen) atoms. The molecule has 7 nitrogen and oxygen atoms in total. The van der Waals surface area contributed by atoms with E-state index in [9.17, 15) is 0 Å². The molecule has 1 aromatic carbocycles. The fourth-order valence-corrected chi connectivity index (χ4v) is 3.05. The molecule has 130 valence electrons. The van der Waals surface area contributed by atoms with Crippen molar-refractivity contribution in [3.63, 3.8) is 0 Å². The Bertz CT molecular complexity index is 772. The van der Waals surface area contributed by atoms with Crippen molar-refractivity contribution in [3.8, 4) is 0 Å². The van der Waals surface area contributed by atoms with Gasteiger partial charge < -0.3 is 9.26 Å². The average molecular weight is 339 g/mol. The number of hydrogen-bond donors (Lipinski definition) is 0. The van der Waals surface area contributed by atoms with E-state index in [0.717, 1.165) is 25.5 Å². The summed E-state index contributed by atoms with van der Waals surface area (Å²) in [6.45, 7) is 3.81. The third kappa shape index (κ3) is 4.32. The highest BCUT2D eigenvalue weighted by atomic mass is 16.5. The molecular formula is C18H21N5O2. The van der Waals surface area contributed by atoms with Crippen LogP contribution < -0.4 is 0 Å². The summed E-state index contributed by atoms with van der Waals surface area (Å²) in [6.07, 6.45) is 4.55. The number of nitrogens with zero attached hydrogens (tertiary/aromatic N) is 5. The van der Waals surface area contributed by atoms with Crippen molar-refractivity contribution in [2.75, 3.05) is 19.7 Å². The van der Waals surface area contributed by atoms with Crippen LogP contribution in [0.25, 0.3) is 0 Å². The van der Waals surface area contributed by atoms with Crippen LogP contribution in [-0.4, -0.2) is 50.6 Å². The summed E-state index contributed by atoms with van der Waals surface area (Å²) in [4.78, 5) is 6.81. The van der Waals surface area contributed by atoms with Gasteiger partial charge in [-0.1, -0.05) is 35.5 Å². The Morgan fingerprint density at radius 2 is 2.08 bits per heavy atom. The lowest BCUT2D eigenvalue weighted by molar-refractivity contribution is -0.0426. The first-order valence-corrected chi connectivity index (χ1v) is 8.52. The van der Waals surface area contributed by atoms with Gasteiger partial charge in [-0.25, -0.2) is 0 Å². The maximum Gasteiger partial charge on any atom is 0.240 e. The van der Waals surface area contributed by atoms with E-state index in [-0.39, 0.29) is 6.10 Å². The molecule has 1 aliphatic rings. The van der Waals surface area contributed by atoms with Gasteiger partial charge in [0.1, 0.15) is 0 Å². The summed E-state index contributed by atoms with van der Waals surface area (Å²) >= 11 is 0. The summed E-state index contributed by atoms with van der Waals surface area (Å²) in [7, 11) is 0. The molecule has 3 heterocycles. The van der Waals surface area contributed by atoms with Gasteiger partial charge in [-0.3, -0.25) is 9.58 Å². The monoisotopic (exact) mass is 339 g/mol. The molecule has 1 saturated heterocycles. The summed E-state index contributed by atoms with van der Waals surface area (Å²) in [5, 5.41) is 8.34. The zero-order valence-electron chi connectivity index (χ0n) is 14.0. The Morgan fingerprint density at radius 3 is 2.92 bits per heavy atom. The fourth-order valence-electron chi connectivity index (χ4n) is 3.05. The van der Waals surface area contributed by atoms with E-state index in [1.807, 2.05) is 35.1 Å². The van der Waals surface area contributed by atoms with Crippen LogP contribution in [-0.2, 0) is 24.2 Å². The van der Waals surface area contributed by atoms with Gasteiger partial charge in [-0.05, 0) is 11.6 Å². The topological polar surface area (TPSA) is 69.2 Å². The standard InChI is InChI=1S/C18H21N5O2/c1-2-5-15(6-3-1)11-17-20-18(25-21-17)14-22-9-10-24-16(12-22)13-23-8-4-7-19-23/h1-8,16H,9-14H2/t16-/m0/s1. The van der Waals surface area contributed by atoms with Gasteiger partial charge in [-0.15, -0.1) is 0 Å². The van der Waals surface area contributed by atoms with Crippen molar-refractivity contribution in [1.29, 1.82) is 0 Å². The van der Waals surface area contributed by atoms with Gasteiger partial charge in [-0.2, -0.15) is 10.1 Å². The van der Waals surface area contributed by atoms with Crippen LogP contribution in [0.4, 0.5) is 0 Å². The maximum absolute atomic E-state index is 5.83. The molecule has 0 saturated carbocycles. The number of aromatic nitrogens is 4. The van der Waals surface area contributed by atoms with E-state index in [0.29, 0.717) is 25.5 Å². The Kier molecular flexibility index (Phi) is 4.85. The molecule has 0 unspecified atom stereocenters. The van der Waals surface area contributed by atoms with E-state index in [1.165, 1.54) is 5.56 Å². The average Bonchev–Trinajstić information content (AvgIpc) is 3.29. The third-order valence-corrected chi connectivity index (χ3v) is 4.25. The zero-order chi connectivity index (χ0) is 16.9. The second-order valence-corrected chi connectivity index (χ2v) is 6.22. The van der Waals surface area contributed by atoms with Crippen molar-refractivity contribution in [1.82, 2.24) is 24.8 Å². The third-order valence-electron chi connectivity index (χ3n) is 4.25. The lowest BCUT2D eigenvalue weighted by Crippen LogP contribution is -2.43. The first kappa shape index (κ1) is 16.0. The first-order chi connectivity index (χ1) is 12.3. The predicted molar refractivity (Wildman–Crippen MR) is 90.8 cm³/mol. The lowest BCUT2D eigenvalue weighted by atomic mass is 10.1. The minimum absolute atomic E-state index is 0.125. The van der Waals surface area contributed by atoms with Gasteiger partial charge in [0.15, 0.2) is 5.82 Å². The molecule has 0 spiro atoms. The van der Waals surface area contributed by atoms with Crippen LogP contribution in [0, 0.1) is 0 Å². The molecule has 3 aromatic rings. The molecule has 1 fully saturated rings. The highest BCUT2D eigenvalue weighted by Crippen LogP contribution is 2.12. The van der Waals surface area contributed by atoms with Crippen molar-refractivity contribution >= 4 is 0 Å². The lowest BCUT2D eigenvalue weighted by Gasteiger charge is -2.31. The van der Waals surface area contributed by atoms with E-state index < -0.39 is 0 Å². The Balaban J connectivity index is 1.32. The van der Waals surface area contributed by atoms with Crippen molar-refractivity contribution in [2.45, 2.75) is 25.6 Å². The van der Waals surface area contributed by atoms with Crippen LogP contribution >= 0.6 is 0 Å². The molecule has 1 aliphatic heterocycles. The van der Waals surface area contributed by atoms with Gasteiger partial charge in [0.2, 0.25) is 5.89 Å². The van der Waals surface area contributed by atoms with Crippen LogP contribution in [0.1, 0.15) is 17.3 Å². The van der Waals surface area contributed by atoms with Crippen LogP contribution in [0.3, 0.4) is 0 Å². The largest absolute Gasteiger partial charge is 0.374 e. The van der Waals surface area contributed by atoms with E-state index in [4.69, 9.17) is 9.26 Å². The summed E-state index contributed by atoms with van der Waals surface area (Å²) in [6, 6.07) is 12.1. The first-order valence-electron chi connectivity index (χ1n) is 8.52.